The number of rotatable bonds is 6. The summed E-state index contributed by atoms with van der Waals surface area (Å²) in [5.41, 5.74) is 8.46. The number of hydrogen-bond acceptors (Lipinski definition) is 10. The van der Waals surface area contributed by atoms with Crippen molar-refractivity contribution in [3.8, 4) is 5.69 Å². The molecule has 2 heterocycles. The SMILES string of the molecule is COC(=O)c1sc(N)c(C(=O)OC)c1CSc1nnnn1-c1ccc(C)cc1. The predicted octanol–water partition coefficient (Wildman–Crippen LogP) is 2.48. The van der Waals surface area contributed by atoms with Crippen molar-refractivity contribution < 1.29 is 19.1 Å². The molecule has 146 valence electrons. The van der Waals surface area contributed by atoms with Gasteiger partial charge in [0.1, 0.15) is 9.88 Å². The van der Waals surface area contributed by atoms with Gasteiger partial charge in [0.15, 0.2) is 0 Å². The van der Waals surface area contributed by atoms with Crippen LogP contribution < -0.4 is 5.73 Å². The van der Waals surface area contributed by atoms with Gasteiger partial charge in [0.2, 0.25) is 5.16 Å². The summed E-state index contributed by atoms with van der Waals surface area (Å²) in [6, 6.07) is 7.71. The van der Waals surface area contributed by atoms with Gasteiger partial charge in [-0.1, -0.05) is 29.5 Å². The number of ether oxygens (including phenoxy) is 2. The zero-order chi connectivity index (χ0) is 20.3. The lowest BCUT2D eigenvalue weighted by atomic mass is 10.1. The summed E-state index contributed by atoms with van der Waals surface area (Å²) in [6.07, 6.45) is 0. The normalized spacial score (nSPS) is 10.7. The van der Waals surface area contributed by atoms with Crippen LogP contribution in [0.5, 0.6) is 0 Å². The highest BCUT2D eigenvalue weighted by Gasteiger charge is 2.27. The average Bonchev–Trinajstić information content (AvgIpc) is 3.29. The Morgan fingerprint density at radius 3 is 2.50 bits per heavy atom. The fourth-order valence-electron chi connectivity index (χ4n) is 2.46. The Kier molecular flexibility index (Phi) is 5.95. The molecule has 0 fully saturated rings. The summed E-state index contributed by atoms with van der Waals surface area (Å²) in [5, 5.41) is 12.5. The predicted molar refractivity (Wildman–Crippen MR) is 105 cm³/mol. The molecule has 0 saturated carbocycles. The third kappa shape index (κ3) is 3.85. The lowest BCUT2D eigenvalue weighted by Crippen LogP contribution is -2.09. The van der Waals surface area contributed by atoms with Crippen LogP contribution in [0.2, 0.25) is 0 Å². The summed E-state index contributed by atoms with van der Waals surface area (Å²) >= 11 is 2.25. The van der Waals surface area contributed by atoms with Gasteiger partial charge in [0, 0.05) is 11.3 Å². The lowest BCUT2D eigenvalue weighted by Gasteiger charge is -2.07. The zero-order valence-corrected chi connectivity index (χ0v) is 17.0. The van der Waals surface area contributed by atoms with E-state index in [9.17, 15) is 9.59 Å². The second-order valence-corrected chi connectivity index (χ2v) is 7.62. The Morgan fingerprint density at radius 1 is 1.18 bits per heavy atom. The van der Waals surface area contributed by atoms with Crippen LogP contribution in [0.1, 0.15) is 31.2 Å². The monoisotopic (exact) mass is 419 g/mol. The molecule has 0 aliphatic heterocycles. The molecule has 0 amide bonds. The molecule has 0 aliphatic rings. The Morgan fingerprint density at radius 2 is 1.86 bits per heavy atom. The van der Waals surface area contributed by atoms with Gasteiger partial charge in [-0.25, -0.2) is 9.59 Å². The van der Waals surface area contributed by atoms with E-state index in [0.29, 0.717) is 10.7 Å². The van der Waals surface area contributed by atoms with Crippen LogP contribution in [-0.2, 0) is 15.2 Å². The third-order valence-electron chi connectivity index (χ3n) is 3.86. The summed E-state index contributed by atoms with van der Waals surface area (Å²) < 4.78 is 11.2. The first-order valence-electron chi connectivity index (χ1n) is 8.02. The highest BCUT2D eigenvalue weighted by Crippen LogP contribution is 2.36. The zero-order valence-electron chi connectivity index (χ0n) is 15.3. The van der Waals surface area contributed by atoms with E-state index in [4.69, 9.17) is 15.2 Å². The number of carbonyl (C=O) groups is 2. The highest BCUT2D eigenvalue weighted by atomic mass is 32.2. The summed E-state index contributed by atoms with van der Waals surface area (Å²) in [5.74, 6) is -0.951. The second-order valence-electron chi connectivity index (χ2n) is 5.63. The van der Waals surface area contributed by atoms with E-state index in [1.165, 1.54) is 26.0 Å². The summed E-state index contributed by atoms with van der Waals surface area (Å²) in [6.45, 7) is 1.99. The van der Waals surface area contributed by atoms with Crippen LogP contribution in [0.4, 0.5) is 5.00 Å². The molecular weight excluding hydrogens is 402 g/mol. The largest absolute Gasteiger partial charge is 0.465 e. The number of aryl methyl sites for hydroxylation is 1. The van der Waals surface area contributed by atoms with Crippen molar-refractivity contribution in [2.75, 3.05) is 20.0 Å². The molecule has 0 bridgehead atoms. The molecule has 0 saturated heterocycles. The van der Waals surface area contributed by atoms with Crippen molar-refractivity contribution in [1.29, 1.82) is 0 Å². The van der Waals surface area contributed by atoms with E-state index >= 15 is 0 Å². The fourth-order valence-corrected chi connectivity index (χ4v) is 4.46. The van der Waals surface area contributed by atoms with Crippen LogP contribution >= 0.6 is 23.1 Å². The standard InChI is InChI=1S/C17H17N5O4S2/c1-9-4-6-10(7-5-9)22-17(19-20-21-22)27-8-11-12(15(23)25-2)14(18)28-13(11)16(24)26-3/h4-7H,8,18H2,1-3H3. The Hall–Kier alpha value is -2.92. The highest BCUT2D eigenvalue weighted by molar-refractivity contribution is 7.98. The van der Waals surface area contributed by atoms with Gasteiger partial charge in [-0.3, -0.25) is 0 Å². The lowest BCUT2D eigenvalue weighted by molar-refractivity contribution is 0.0601. The van der Waals surface area contributed by atoms with Crippen LogP contribution in [-0.4, -0.2) is 46.4 Å². The van der Waals surface area contributed by atoms with Crippen molar-refractivity contribution in [1.82, 2.24) is 20.2 Å². The van der Waals surface area contributed by atoms with Crippen molar-refractivity contribution in [3.05, 3.63) is 45.8 Å². The number of thiophene rings is 1. The molecule has 9 nitrogen and oxygen atoms in total. The molecule has 11 heteroatoms. The molecule has 0 atom stereocenters. The van der Waals surface area contributed by atoms with E-state index in [0.717, 1.165) is 22.6 Å². The number of carbonyl (C=O) groups excluding carboxylic acids is 2. The van der Waals surface area contributed by atoms with Crippen LogP contribution in [0.3, 0.4) is 0 Å². The van der Waals surface area contributed by atoms with E-state index < -0.39 is 11.9 Å². The number of thioether (sulfide) groups is 1. The van der Waals surface area contributed by atoms with E-state index in [1.54, 1.807) is 4.68 Å². The molecule has 0 spiro atoms. The first kappa shape index (κ1) is 19.8. The molecule has 0 radical (unpaired) electrons. The molecule has 0 unspecified atom stereocenters. The number of nitrogen functional groups attached to an aromatic ring is 1. The molecule has 1 aromatic carbocycles. The smallest absolute Gasteiger partial charge is 0.348 e. The average molecular weight is 419 g/mol. The van der Waals surface area contributed by atoms with E-state index in [1.807, 2.05) is 31.2 Å². The second kappa shape index (κ2) is 8.40. The molecule has 2 aromatic heterocycles. The number of benzene rings is 1. The van der Waals surface area contributed by atoms with Gasteiger partial charge in [0.25, 0.3) is 0 Å². The summed E-state index contributed by atoms with van der Waals surface area (Å²) in [7, 11) is 2.52. The first-order chi connectivity index (χ1) is 13.5. The van der Waals surface area contributed by atoms with E-state index in [2.05, 4.69) is 15.5 Å². The maximum absolute atomic E-state index is 12.2. The van der Waals surface area contributed by atoms with Crippen molar-refractivity contribution in [2.45, 2.75) is 17.8 Å². The van der Waals surface area contributed by atoms with E-state index in [-0.39, 0.29) is 21.2 Å². The van der Waals surface area contributed by atoms with Gasteiger partial charge >= 0.3 is 11.9 Å². The summed E-state index contributed by atoms with van der Waals surface area (Å²) in [4.78, 5) is 24.5. The van der Waals surface area contributed by atoms with Crippen molar-refractivity contribution in [2.24, 2.45) is 0 Å². The van der Waals surface area contributed by atoms with Gasteiger partial charge in [-0.05, 0) is 29.5 Å². The molecule has 3 aromatic rings. The van der Waals surface area contributed by atoms with Gasteiger partial charge in [0.05, 0.1) is 25.5 Å². The minimum Gasteiger partial charge on any atom is -0.465 e. The molecule has 2 N–H and O–H groups in total. The molecule has 28 heavy (non-hydrogen) atoms. The third-order valence-corrected chi connectivity index (χ3v) is 5.85. The molecule has 0 aliphatic carbocycles. The number of esters is 2. The Balaban J connectivity index is 1.93. The van der Waals surface area contributed by atoms with Crippen LogP contribution in [0.25, 0.3) is 5.69 Å². The van der Waals surface area contributed by atoms with Crippen molar-refractivity contribution in [3.63, 3.8) is 0 Å². The van der Waals surface area contributed by atoms with Gasteiger partial charge in [-0.15, -0.1) is 16.4 Å². The van der Waals surface area contributed by atoms with Crippen LogP contribution in [0, 0.1) is 6.92 Å². The Bertz CT molecular complexity index is 1010. The number of hydrogen-bond donors (Lipinski definition) is 1. The number of nitrogens with two attached hydrogens (primary N) is 1. The molecule has 3 rings (SSSR count). The van der Waals surface area contributed by atoms with Crippen LogP contribution in [0.15, 0.2) is 29.4 Å². The maximum Gasteiger partial charge on any atom is 0.348 e. The number of nitrogens with zero attached hydrogens (tertiary/aromatic N) is 4. The van der Waals surface area contributed by atoms with Gasteiger partial charge in [-0.2, -0.15) is 4.68 Å². The van der Waals surface area contributed by atoms with Gasteiger partial charge < -0.3 is 15.2 Å². The number of methoxy groups -OCH3 is 2. The number of anilines is 1. The quantitative estimate of drug-likeness (QED) is 0.474. The topological polar surface area (TPSA) is 122 Å². The minimum absolute atomic E-state index is 0.162. The Labute approximate surface area is 168 Å². The maximum atomic E-state index is 12.2. The number of tetrazole rings is 1. The fraction of sp³-hybridized carbons (Fsp3) is 0.235. The first-order valence-corrected chi connectivity index (χ1v) is 9.82. The minimum atomic E-state index is -0.613. The van der Waals surface area contributed by atoms with Crippen molar-refractivity contribution >= 4 is 40.0 Å². The molecular formula is C17H17N5O4S2. The number of aromatic nitrogens is 4.